The van der Waals surface area contributed by atoms with Crippen LogP contribution in [0.25, 0.3) is 11.5 Å². The van der Waals surface area contributed by atoms with Gasteiger partial charge >= 0.3 is 0 Å². The number of nitrogens with zero attached hydrogens (tertiary/aromatic N) is 5. The maximum atomic E-state index is 12.6. The molecule has 0 atom stereocenters. The Morgan fingerprint density at radius 1 is 1.06 bits per heavy atom. The number of nitrogens with one attached hydrogen (secondary N) is 1. The Morgan fingerprint density at radius 3 is 2.62 bits per heavy atom. The second-order valence-corrected chi connectivity index (χ2v) is 7.62. The molecule has 1 amide bonds. The smallest absolute Gasteiger partial charge is 0.255 e. The second kappa shape index (κ2) is 10.1. The molecule has 9 nitrogen and oxygen atoms in total. The number of benzene rings is 2. The molecule has 1 N–H and O–H groups in total. The highest BCUT2D eigenvalue weighted by Crippen LogP contribution is 2.24. The maximum absolute atomic E-state index is 12.6. The predicted octanol–water partition coefficient (Wildman–Crippen LogP) is 3.58. The molecule has 4 aromatic rings. The Balaban J connectivity index is 1.39. The molecule has 0 spiro atoms. The summed E-state index contributed by atoms with van der Waals surface area (Å²) in [5.74, 6) is 2.40. The van der Waals surface area contributed by atoms with Crippen LogP contribution < -0.4 is 10.1 Å². The van der Waals surface area contributed by atoms with E-state index in [1.165, 1.54) is 18.9 Å². The van der Waals surface area contributed by atoms with Crippen molar-refractivity contribution in [2.75, 3.05) is 7.11 Å². The molecule has 4 rings (SSSR count). The molecule has 0 unspecified atom stereocenters. The van der Waals surface area contributed by atoms with Crippen molar-refractivity contribution in [3.63, 3.8) is 0 Å². The van der Waals surface area contributed by atoms with E-state index in [9.17, 15) is 4.79 Å². The zero-order valence-electron chi connectivity index (χ0n) is 17.7. The first-order chi connectivity index (χ1) is 15.7. The first-order valence-electron chi connectivity index (χ1n) is 10.0. The highest BCUT2D eigenvalue weighted by Gasteiger charge is 2.16. The van der Waals surface area contributed by atoms with E-state index in [2.05, 4.69) is 25.7 Å². The van der Waals surface area contributed by atoms with Crippen LogP contribution in [-0.4, -0.2) is 38.0 Å². The van der Waals surface area contributed by atoms with E-state index in [0.29, 0.717) is 46.4 Å². The van der Waals surface area contributed by atoms with Gasteiger partial charge in [0.15, 0.2) is 11.0 Å². The van der Waals surface area contributed by atoms with Gasteiger partial charge in [0, 0.05) is 12.1 Å². The Morgan fingerprint density at radius 2 is 1.84 bits per heavy atom. The first kappa shape index (κ1) is 21.6. The van der Waals surface area contributed by atoms with Crippen molar-refractivity contribution >= 4 is 17.7 Å². The first-order valence-corrected chi connectivity index (χ1v) is 11.0. The number of aromatic nitrogens is 5. The highest BCUT2D eigenvalue weighted by atomic mass is 32.2. The Hall–Kier alpha value is -3.66. The lowest BCUT2D eigenvalue weighted by atomic mass is 10.2. The third-order valence-electron chi connectivity index (χ3n) is 4.68. The van der Waals surface area contributed by atoms with Crippen molar-refractivity contribution in [3.05, 3.63) is 71.9 Å². The van der Waals surface area contributed by atoms with Gasteiger partial charge < -0.3 is 19.0 Å². The molecule has 0 saturated heterocycles. The molecule has 2 aromatic carbocycles. The molecule has 0 radical (unpaired) electrons. The summed E-state index contributed by atoms with van der Waals surface area (Å²) in [6, 6.07) is 16.7. The van der Waals surface area contributed by atoms with E-state index < -0.39 is 0 Å². The molecule has 0 aliphatic heterocycles. The molecule has 164 valence electrons. The van der Waals surface area contributed by atoms with Gasteiger partial charge in [0.05, 0.1) is 25.0 Å². The third-order valence-corrected chi connectivity index (χ3v) is 5.63. The minimum atomic E-state index is -0.235. The van der Waals surface area contributed by atoms with Crippen molar-refractivity contribution < 1.29 is 13.9 Å². The molecular weight excluding hydrogens is 428 g/mol. The number of thioether (sulfide) groups is 1. The van der Waals surface area contributed by atoms with Crippen molar-refractivity contribution in [1.82, 2.24) is 30.3 Å². The predicted molar refractivity (Wildman–Crippen MR) is 119 cm³/mol. The van der Waals surface area contributed by atoms with E-state index in [1.807, 2.05) is 47.9 Å². The minimum Gasteiger partial charge on any atom is -0.496 e. The maximum Gasteiger partial charge on any atom is 0.255 e. The summed E-state index contributed by atoms with van der Waals surface area (Å²) in [5.41, 5.74) is 1.35. The second-order valence-electron chi connectivity index (χ2n) is 6.68. The van der Waals surface area contributed by atoms with Gasteiger partial charge in [-0.3, -0.25) is 4.79 Å². The number of hydrogen-bond donors (Lipinski definition) is 1. The lowest BCUT2D eigenvalue weighted by Crippen LogP contribution is -2.25. The van der Waals surface area contributed by atoms with Crippen LogP contribution in [0.1, 0.15) is 29.0 Å². The van der Waals surface area contributed by atoms with Crippen LogP contribution >= 0.6 is 11.8 Å². The molecule has 0 aliphatic carbocycles. The van der Waals surface area contributed by atoms with Crippen molar-refractivity contribution in [2.45, 2.75) is 30.9 Å². The zero-order valence-corrected chi connectivity index (χ0v) is 18.5. The summed E-state index contributed by atoms with van der Waals surface area (Å²) in [4.78, 5) is 12.6. The number of methoxy groups -OCH3 is 1. The van der Waals surface area contributed by atoms with Gasteiger partial charge in [0.25, 0.3) is 5.91 Å². The van der Waals surface area contributed by atoms with Crippen LogP contribution in [0.15, 0.2) is 64.2 Å². The number of carbonyl (C=O) groups excluding carboxylic acids is 1. The van der Waals surface area contributed by atoms with E-state index in [0.717, 1.165) is 5.56 Å². The number of carbonyl (C=O) groups is 1. The van der Waals surface area contributed by atoms with Gasteiger partial charge in [0.1, 0.15) is 5.75 Å². The molecule has 0 saturated carbocycles. The summed E-state index contributed by atoms with van der Waals surface area (Å²) in [6.07, 6.45) is 0. The molecule has 32 heavy (non-hydrogen) atoms. The van der Waals surface area contributed by atoms with Gasteiger partial charge in [-0.25, -0.2) is 0 Å². The summed E-state index contributed by atoms with van der Waals surface area (Å²) in [5, 5.41) is 20.3. The van der Waals surface area contributed by atoms with Crippen molar-refractivity contribution in [2.24, 2.45) is 0 Å². The summed E-state index contributed by atoms with van der Waals surface area (Å²) < 4.78 is 13.0. The highest BCUT2D eigenvalue weighted by molar-refractivity contribution is 7.98. The molecule has 2 heterocycles. The number of hydrogen-bond acceptors (Lipinski definition) is 8. The SMILES string of the molecule is CCn1c(CNC(=O)c2ccccc2OC)nnc1SCc1nnc(-c2ccccc2)o1. The molecule has 0 fully saturated rings. The lowest BCUT2D eigenvalue weighted by molar-refractivity contribution is 0.0946. The van der Waals surface area contributed by atoms with Gasteiger partial charge in [-0.05, 0) is 31.2 Å². The normalized spacial score (nSPS) is 10.8. The van der Waals surface area contributed by atoms with Crippen LogP contribution in [0.5, 0.6) is 5.75 Å². The minimum absolute atomic E-state index is 0.235. The van der Waals surface area contributed by atoms with Gasteiger partial charge in [-0.1, -0.05) is 42.1 Å². The Kier molecular flexibility index (Phi) is 6.81. The molecule has 2 aromatic heterocycles. The lowest BCUT2D eigenvalue weighted by Gasteiger charge is -2.10. The summed E-state index contributed by atoms with van der Waals surface area (Å²) in [7, 11) is 1.54. The average Bonchev–Trinajstić information content (AvgIpc) is 3.48. The van der Waals surface area contributed by atoms with Crippen LogP contribution in [0.4, 0.5) is 0 Å². The fraction of sp³-hybridized carbons (Fsp3) is 0.227. The van der Waals surface area contributed by atoms with Crippen LogP contribution in [0.3, 0.4) is 0 Å². The van der Waals surface area contributed by atoms with E-state index in [1.54, 1.807) is 18.2 Å². The van der Waals surface area contributed by atoms with Crippen LogP contribution in [0, 0.1) is 0 Å². The van der Waals surface area contributed by atoms with E-state index >= 15 is 0 Å². The number of amides is 1. The largest absolute Gasteiger partial charge is 0.496 e. The monoisotopic (exact) mass is 450 g/mol. The van der Waals surface area contributed by atoms with Crippen molar-refractivity contribution in [3.8, 4) is 17.2 Å². The molecule has 10 heteroatoms. The van der Waals surface area contributed by atoms with Gasteiger partial charge in [-0.2, -0.15) is 0 Å². The zero-order chi connectivity index (χ0) is 22.3. The van der Waals surface area contributed by atoms with Gasteiger partial charge in [-0.15, -0.1) is 20.4 Å². The quantitative estimate of drug-likeness (QED) is 0.386. The number of rotatable bonds is 9. The molecular formula is C22H22N6O3S. The Labute approximate surface area is 189 Å². The molecule has 0 aliphatic rings. The van der Waals surface area contributed by atoms with Crippen molar-refractivity contribution in [1.29, 1.82) is 0 Å². The fourth-order valence-corrected chi connectivity index (χ4v) is 3.95. The standard InChI is InChI=1S/C22H22N6O3S/c1-3-28-18(13-23-20(29)16-11-7-8-12-17(16)30-2)24-27-22(28)32-14-19-25-26-21(31-19)15-9-5-4-6-10-15/h4-12H,3,13-14H2,1-2H3,(H,23,29). The topological polar surface area (TPSA) is 108 Å². The summed E-state index contributed by atoms with van der Waals surface area (Å²) in [6.45, 7) is 2.91. The summed E-state index contributed by atoms with van der Waals surface area (Å²) >= 11 is 1.45. The number of para-hydroxylation sites is 1. The van der Waals surface area contributed by atoms with E-state index in [4.69, 9.17) is 9.15 Å². The van der Waals surface area contributed by atoms with Gasteiger partial charge in [0.2, 0.25) is 11.8 Å². The van der Waals surface area contributed by atoms with Crippen LogP contribution in [0.2, 0.25) is 0 Å². The average molecular weight is 451 g/mol. The third kappa shape index (κ3) is 4.80. The number of ether oxygens (including phenoxy) is 1. The molecule has 0 bridgehead atoms. The van der Waals surface area contributed by atoms with E-state index in [-0.39, 0.29) is 12.5 Å². The Bertz CT molecular complexity index is 1190. The van der Waals surface area contributed by atoms with Crippen LogP contribution in [-0.2, 0) is 18.8 Å². The fourth-order valence-electron chi connectivity index (χ4n) is 3.10.